The maximum atomic E-state index is 12.3. The van der Waals surface area contributed by atoms with Crippen LogP contribution in [0.5, 0.6) is 11.5 Å². The van der Waals surface area contributed by atoms with Gasteiger partial charge < -0.3 is 14.8 Å². The maximum absolute atomic E-state index is 12.3. The van der Waals surface area contributed by atoms with Crippen LogP contribution < -0.4 is 14.8 Å². The predicted octanol–water partition coefficient (Wildman–Crippen LogP) is 5.00. The molecule has 0 aliphatic heterocycles. The Labute approximate surface area is 166 Å². The van der Waals surface area contributed by atoms with Crippen LogP contribution in [-0.2, 0) is 0 Å². The van der Waals surface area contributed by atoms with E-state index in [-0.39, 0.29) is 5.91 Å². The van der Waals surface area contributed by atoms with Crippen molar-refractivity contribution in [2.24, 2.45) is 0 Å². The van der Waals surface area contributed by atoms with Crippen molar-refractivity contribution in [1.82, 2.24) is 0 Å². The average molecular weight is 459 g/mol. The zero-order valence-corrected chi connectivity index (χ0v) is 16.2. The third-order valence-electron chi connectivity index (χ3n) is 3.54. The second-order valence-electron chi connectivity index (χ2n) is 5.50. The summed E-state index contributed by atoms with van der Waals surface area (Å²) in [6.45, 7) is 0.867. The topological polar surface area (TPSA) is 47.6 Å². The number of anilines is 1. The van der Waals surface area contributed by atoms with E-state index in [0.717, 1.165) is 9.32 Å². The number of hydrogen-bond acceptors (Lipinski definition) is 3. The standard InChI is InChI=1S/C21H18INO3/c22-17-7-4-6-16(14-17)21(24)23-18-8-5-11-20(15-18)26-13-12-25-19-9-2-1-3-10-19/h1-11,14-15H,12-13H2,(H,23,24). The van der Waals surface area contributed by atoms with Gasteiger partial charge in [-0.1, -0.05) is 30.3 Å². The van der Waals surface area contributed by atoms with Gasteiger partial charge in [0.1, 0.15) is 24.7 Å². The predicted molar refractivity (Wildman–Crippen MR) is 111 cm³/mol. The van der Waals surface area contributed by atoms with E-state index in [1.54, 1.807) is 12.1 Å². The Morgan fingerprint density at radius 1 is 0.808 bits per heavy atom. The largest absolute Gasteiger partial charge is 0.490 e. The minimum absolute atomic E-state index is 0.145. The molecule has 0 aromatic heterocycles. The molecule has 0 saturated carbocycles. The Morgan fingerprint density at radius 3 is 2.27 bits per heavy atom. The van der Waals surface area contributed by atoms with Gasteiger partial charge in [0.2, 0.25) is 0 Å². The molecule has 0 fully saturated rings. The van der Waals surface area contributed by atoms with Gasteiger partial charge in [0.05, 0.1) is 0 Å². The second kappa shape index (κ2) is 9.24. The van der Waals surface area contributed by atoms with Gasteiger partial charge in [0, 0.05) is 20.9 Å². The third kappa shape index (κ3) is 5.49. The molecule has 3 rings (SSSR count). The Balaban J connectivity index is 1.52. The first-order chi connectivity index (χ1) is 12.7. The van der Waals surface area contributed by atoms with E-state index < -0.39 is 0 Å². The number of carbonyl (C=O) groups excluding carboxylic acids is 1. The van der Waals surface area contributed by atoms with Crippen LogP contribution in [0.15, 0.2) is 78.9 Å². The van der Waals surface area contributed by atoms with Crippen LogP contribution in [0, 0.1) is 3.57 Å². The molecule has 0 aliphatic carbocycles. The van der Waals surface area contributed by atoms with Crippen molar-refractivity contribution in [3.8, 4) is 11.5 Å². The van der Waals surface area contributed by atoms with Crippen LogP contribution in [0.1, 0.15) is 10.4 Å². The molecule has 0 bridgehead atoms. The number of carbonyl (C=O) groups is 1. The Morgan fingerprint density at radius 2 is 1.50 bits per heavy atom. The first-order valence-corrected chi connectivity index (χ1v) is 9.26. The zero-order valence-electron chi connectivity index (χ0n) is 14.0. The van der Waals surface area contributed by atoms with Gasteiger partial charge >= 0.3 is 0 Å². The van der Waals surface area contributed by atoms with Crippen molar-refractivity contribution in [2.45, 2.75) is 0 Å². The number of halogens is 1. The fraction of sp³-hybridized carbons (Fsp3) is 0.0952. The molecule has 1 amide bonds. The van der Waals surface area contributed by atoms with E-state index in [1.807, 2.05) is 66.7 Å². The lowest BCUT2D eigenvalue weighted by Crippen LogP contribution is -2.12. The molecule has 0 atom stereocenters. The first-order valence-electron chi connectivity index (χ1n) is 8.18. The number of rotatable bonds is 7. The van der Waals surface area contributed by atoms with Crippen LogP contribution >= 0.6 is 22.6 Å². The molecule has 3 aromatic rings. The van der Waals surface area contributed by atoms with Gasteiger partial charge in [0.25, 0.3) is 5.91 Å². The summed E-state index contributed by atoms with van der Waals surface area (Å²) in [7, 11) is 0. The highest BCUT2D eigenvalue weighted by Gasteiger charge is 2.07. The Hall–Kier alpha value is -2.54. The molecule has 3 aromatic carbocycles. The maximum Gasteiger partial charge on any atom is 0.255 e. The van der Waals surface area contributed by atoms with Crippen molar-refractivity contribution in [3.05, 3.63) is 88.0 Å². The molecule has 0 aliphatic rings. The number of nitrogens with one attached hydrogen (secondary N) is 1. The molecular formula is C21H18INO3. The van der Waals surface area contributed by atoms with Crippen LogP contribution in [0.4, 0.5) is 5.69 Å². The minimum atomic E-state index is -0.145. The normalized spacial score (nSPS) is 10.2. The van der Waals surface area contributed by atoms with Crippen molar-refractivity contribution in [2.75, 3.05) is 18.5 Å². The number of amides is 1. The monoisotopic (exact) mass is 459 g/mol. The Kier molecular flexibility index (Phi) is 6.49. The van der Waals surface area contributed by atoms with Crippen molar-refractivity contribution in [3.63, 3.8) is 0 Å². The molecule has 0 heterocycles. The third-order valence-corrected chi connectivity index (χ3v) is 4.21. The van der Waals surface area contributed by atoms with Gasteiger partial charge in [-0.2, -0.15) is 0 Å². The highest BCUT2D eigenvalue weighted by atomic mass is 127. The van der Waals surface area contributed by atoms with Crippen molar-refractivity contribution >= 4 is 34.2 Å². The molecule has 0 spiro atoms. The van der Waals surface area contributed by atoms with E-state index >= 15 is 0 Å². The molecule has 4 nitrogen and oxygen atoms in total. The highest BCUT2D eigenvalue weighted by Crippen LogP contribution is 2.19. The molecule has 0 radical (unpaired) electrons. The van der Waals surface area contributed by atoms with Crippen LogP contribution in [-0.4, -0.2) is 19.1 Å². The number of benzene rings is 3. The van der Waals surface area contributed by atoms with Gasteiger partial charge in [-0.25, -0.2) is 0 Å². The first kappa shape index (κ1) is 18.3. The van der Waals surface area contributed by atoms with E-state index in [1.165, 1.54) is 0 Å². The average Bonchev–Trinajstić information content (AvgIpc) is 2.66. The summed E-state index contributed by atoms with van der Waals surface area (Å²) in [4.78, 5) is 12.3. The molecular weight excluding hydrogens is 441 g/mol. The molecule has 5 heteroatoms. The summed E-state index contributed by atoms with van der Waals surface area (Å²) >= 11 is 2.19. The smallest absolute Gasteiger partial charge is 0.255 e. The van der Waals surface area contributed by atoms with E-state index in [4.69, 9.17) is 9.47 Å². The summed E-state index contributed by atoms with van der Waals surface area (Å²) in [5.74, 6) is 1.35. The molecule has 132 valence electrons. The van der Waals surface area contributed by atoms with E-state index in [2.05, 4.69) is 27.9 Å². The van der Waals surface area contributed by atoms with Gasteiger partial charge in [-0.3, -0.25) is 4.79 Å². The quantitative estimate of drug-likeness (QED) is 0.400. The number of hydrogen-bond donors (Lipinski definition) is 1. The summed E-state index contributed by atoms with van der Waals surface area (Å²) in [5, 5.41) is 2.89. The highest BCUT2D eigenvalue weighted by molar-refractivity contribution is 14.1. The summed E-state index contributed by atoms with van der Waals surface area (Å²) < 4.78 is 12.3. The zero-order chi connectivity index (χ0) is 18.2. The Bertz CT molecular complexity index is 868. The SMILES string of the molecule is O=C(Nc1cccc(OCCOc2ccccc2)c1)c1cccc(I)c1. The molecule has 26 heavy (non-hydrogen) atoms. The van der Waals surface area contributed by atoms with Gasteiger partial charge in [-0.05, 0) is 65.1 Å². The van der Waals surface area contributed by atoms with Crippen LogP contribution in [0.3, 0.4) is 0 Å². The minimum Gasteiger partial charge on any atom is -0.490 e. The lowest BCUT2D eigenvalue weighted by atomic mass is 10.2. The van der Waals surface area contributed by atoms with Crippen LogP contribution in [0.2, 0.25) is 0 Å². The second-order valence-corrected chi connectivity index (χ2v) is 6.75. The van der Waals surface area contributed by atoms with Crippen LogP contribution in [0.25, 0.3) is 0 Å². The lowest BCUT2D eigenvalue weighted by Gasteiger charge is -2.10. The van der Waals surface area contributed by atoms with E-state index in [0.29, 0.717) is 30.2 Å². The molecule has 0 saturated heterocycles. The summed E-state index contributed by atoms with van der Waals surface area (Å²) in [6.07, 6.45) is 0. The fourth-order valence-corrected chi connectivity index (χ4v) is 2.88. The van der Waals surface area contributed by atoms with E-state index in [9.17, 15) is 4.79 Å². The summed E-state index contributed by atoms with van der Waals surface area (Å²) in [5.41, 5.74) is 1.31. The van der Waals surface area contributed by atoms with Gasteiger partial charge in [0.15, 0.2) is 0 Å². The van der Waals surface area contributed by atoms with Crippen molar-refractivity contribution in [1.29, 1.82) is 0 Å². The number of ether oxygens (including phenoxy) is 2. The van der Waals surface area contributed by atoms with Crippen molar-refractivity contribution < 1.29 is 14.3 Å². The van der Waals surface area contributed by atoms with Gasteiger partial charge in [-0.15, -0.1) is 0 Å². The number of para-hydroxylation sites is 1. The lowest BCUT2D eigenvalue weighted by molar-refractivity contribution is 0.102. The summed E-state index contributed by atoms with van der Waals surface area (Å²) in [6, 6.07) is 24.4. The molecule has 1 N–H and O–H groups in total. The fourth-order valence-electron chi connectivity index (χ4n) is 2.33. The molecule has 0 unspecified atom stereocenters.